The number of hydrogen-bond acceptors (Lipinski definition) is 4. The van der Waals surface area contributed by atoms with Crippen LogP contribution in [0.3, 0.4) is 0 Å². The minimum absolute atomic E-state index is 0.172. The molecule has 1 aliphatic rings. The topological polar surface area (TPSA) is 83.6 Å². The molecule has 0 spiro atoms. The van der Waals surface area contributed by atoms with Gasteiger partial charge in [-0.15, -0.1) is 0 Å². The third-order valence-corrected chi connectivity index (χ3v) is 5.38. The number of hydrogen-bond donors (Lipinski definition) is 2. The SMILES string of the molecule is Cc1cc(N)cc(C)c1S(=O)(=O)N1CCC(O)C1. The van der Waals surface area contributed by atoms with Crippen LogP contribution in [0.1, 0.15) is 17.5 Å². The number of β-amino-alcohol motifs (C(OH)–C–C–N with tert-alkyl or cyclic N) is 1. The number of aliphatic hydroxyl groups is 1. The van der Waals surface area contributed by atoms with Gasteiger partial charge in [0.2, 0.25) is 10.0 Å². The zero-order valence-corrected chi connectivity index (χ0v) is 11.4. The fraction of sp³-hybridized carbons (Fsp3) is 0.500. The van der Waals surface area contributed by atoms with Gasteiger partial charge in [0, 0.05) is 18.8 Å². The van der Waals surface area contributed by atoms with Crippen LogP contribution in [0.4, 0.5) is 5.69 Å². The zero-order valence-electron chi connectivity index (χ0n) is 10.5. The molecule has 1 fully saturated rings. The number of aliphatic hydroxyl groups excluding tert-OH is 1. The second-order valence-electron chi connectivity index (χ2n) is 4.79. The van der Waals surface area contributed by atoms with Gasteiger partial charge in [-0.25, -0.2) is 8.42 Å². The Morgan fingerprint density at radius 1 is 1.33 bits per heavy atom. The van der Waals surface area contributed by atoms with Crippen molar-refractivity contribution in [1.82, 2.24) is 4.31 Å². The number of aryl methyl sites for hydroxylation is 2. The van der Waals surface area contributed by atoms with Gasteiger partial charge in [0.25, 0.3) is 0 Å². The molecule has 3 N–H and O–H groups in total. The standard InChI is InChI=1S/C12H18N2O3S/c1-8-5-10(13)6-9(2)12(8)18(16,17)14-4-3-11(15)7-14/h5-6,11,15H,3-4,7,13H2,1-2H3. The first kappa shape index (κ1) is 13.3. The molecule has 18 heavy (non-hydrogen) atoms. The highest BCUT2D eigenvalue weighted by Crippen LogP contribution is 2.28. The van der Waals surface area contributed by atoms with Crippen molar-refractivity contribution in [3.63, 3.8) is 0 Å². The Kier molecular flexibility index (Phi) is 3.35. The lowest BCUT2D eigenvalue weighted by Crippen LogP contribution is -2.30. The van der Waals surface area contributed by atoms with E-state index in [-0.39, 0.29) is 6.54 Å². The quantitative estimate of drug-likeness (QED) is 0.773. The van der Waals surface area contributed by atoms with Crippen molar-refractivity contribution in [3.05, 3.63) is 23.3 Å². The Morgan fingerprint density at radius 2 is 1.89 bits per heavy atom. The van der Waals surface area contributed by atoms with Crippen molar-refractivity contribution >= 4 is 15.7 Å². The van der Waals surface area contributed by atoms with Gasteiger partial charge in [0.1, 0.15) is 0 Å². The van der Waals surface area contributed by atoms with Crippen molar-refractivity contribution in [2.75, 3.05) is 18.8 Å². The highest BCUT2D eigenvalue weighted by atomic mass is 32.2. The summed E-state index contributed by atoms with van der Waals surface area (Å²) in [4.78, 5) is 0.311. The lowest BCUT2D eigenvalue weighted by atomic mass is 10.1. The molecule has 5 nitrogen and oxygen atoms in total. The Hall–Kier alpha value is -1.11. The molecule has 2 rings (SSSR count). The molecular formula is C12H18N2O3S. The second-order valence-corrected chi connectivity index (χ2v) is 6.66. The van der Waals surface area contributed by atoms with E-state index in [9.17, 15) is 13.5 Å². The number of rotatable bonds is 2. The van der Waals surface area contributed by atoms with Crippen LogP contribution in [0.25, 0.3) is 0 Å². The van der Waals surface area contributed by atoms with Crippen LogP contribution in [0.15, 0.2) is 17.0 Å². The van der Waals surface area contributed by atoms with Gasteiger partial charge in [-0.3, -0.25) is 0 Å². The average molecular weight is 270 g/mol. The first-order valence-corrected chi connectivity index (χ1v) is 7.31. The van der Waals surface area contributed by atoms with Gasteiger partial charge >= 0.3 is 0 Å². The van der Waals surface area contributed by atoms with E-state index in [4.69, 9.17) is 5.73 Å². The maximum absolute atomic E-state index is 12.5. The largest absolute Gasteiger partial charge is 0.399 e. The summed E-state index contributed by atoms with van der Waals surface area (Å²) in [6.07, 6.45) is -0.0686. The van der Waals surface area contributed by atoms with E-state index in [0.29, 0.717) is 34.7 Å². The monoisotopic (exact) mass is 270 g/mol. The molecule has 0 bridgehead atoms. The fourth-order valence-corrected chi connectivity index (χ4v) is 4.35. The molecule has 1 aromatic rings. The van der Waals surface area contributed by atoms with Gasteiger partial charge in [0.05, 0.1) is 11.0 Å². The van der Waals surface area contributed by atoms with Gasteiger partial charge in [0.15, 0.2) is 0 Å². The third kappa shape index (κ3) is 2.23. The molecule has 0 radical (unpaired) electrons. The lowest BCUT2D eigenvalue weighted by Gasteiger charge is -2.19. The summed E-state index contributed by atoms with van der Waals surface area (Å²) in [5.41, 5.74) is 7.55. The molecule has 1 unspecified atom stereocenters. The van der Waals surface area contributed by atoms with Crippen LogP contribution in [-0.2, 0) is 10.0 Å². The van der Waals surface area contributed by atoms with Crippen LogP contribution >= 0.6 is 0 Å². The number of nitrogens with zero attached hydrogens (tertiary/aromatic N) is 1. The average Bonchev–Trinajstić information content (AvgIpc) is 2.63. The molecule has 0 aliphatic carbocycles. The molecule has 1 aliphatic heterocycles. The summed E-state index contributed by atoms with van der Waals surface area (Å²) in [7, 11) is -3.53. The van der Waals surface area contributed by atoms with Gasteiger partial charge < -0.3 is 10.8 Å². The van der Waals surface area contributed by atoms with E-state index < -0.39 is 16.1 Å². The minimum atomic E-state index is -3.53. The third-order valence-electron chi connectivity index (χ3n) is 3.21. The Bertz CT molecular complexity index is 546. The van der Waals surface area contributed by atoms with E-state index in [1.165, 1.54) is 4.31 Å². The summed E-state index contributed by atoms with van der Waals surface area (Å²) >= 11 is 0. The lowest BCUT2D eigenvalue weighted by molar-refractivity contribution is 0.189. The van der Waals surface area contributed by atoms with Crippen molar-refractivity contribution in [2.45, 2.75) is 31.3 Å². The van der Waals surface area contributed by atoms with Crippen LogP contribution < -0.4 is 5.73 Å². The number of nitrogens with two attached hydrogens (primary N) is 1. The summed E-state index contributed by atoms with van der Waals surface area (Å²) in [6, 6.07) is 3.32. The molecule has 6 heteroatoms. The summed E-state index contributed by atoms with van der Waals surface area (Å²) in [5.74, 6) is 0. The van der Waals surface area contributed by atoms with Crippen molar-refractivity contribution in [1.29, 1.82) is 0 Å². The minimum Gasteiger partial charge on any atom is -0.399 e. The van der Waals surface area contributed by atoms with Crippen molar-refractivity contribution < 1.29 is 13.5 Å². The molecule has 1 heterocycles. The van der Waals surface area contributed by atoms with Crippen LogP contribution in [0, 0.1) is 13.8 Å². The maximum atomic E-state index is 12.5. The Labute approximate surface area is 107 Å². The van der Waals surface area contributed by atoms with E-state index in [1.54, 1.807) is 26.0 Å². The normalized spacial score (nSPS) is 21.4. The smallest absolute Gasteiger partial charge is 0.243 e. The Balaban J connectivity index is 2.48. The van der Waals surface area contributed by atoms with Crippen LogP contribution in [0.2, 0.25) is 0 Å². The highest BCUT2D eigenvalue weighted by molar-refractivity contribution is 7.89. The van der Waals surface area contributed by atoms with Crippen molar-refractivity contribution in [3.8, 4) is 0 Å². The van der Waals surface area contributed by atoms with E-state index in [0.717, 1.165) is 0 Å². The van der Waals surface area contributed by atoms with Gasteiger partial charge in [-0.05, 0) is 43.5 Å². The highest BCUT2D eigenvalue weighted by Gasteiger charge is 2.33. The van der Waals surface area contributed by atoms with E-state index in [1.807, 2.05) is 0 Å². The predicted molar refractivity (Wildman–Crippen MR) is 69.7 cm³/mol. The number of nitrogen functional groups attached to an aromatic ring is 1. The summed E-state index contributed by atoms with van der Waals surface area (Å²) in [5, 5.41) is 9.47. The molecule has 1 saturated heterocycles. The number of anilines is 1. The summed E-state index contributed by atoms with van der Waals surface area (Å²) < 4.78 is 26.4. The first-order valence-electron chi connectivity index (χ1n) is 5.87. The molecule has 1 aromatic carbocycles. The number of sulfonamides is 1. The molecular weight excluding hydrogens is 252 g/mol. The van der Waals surface area contributed by atoms with Crippen LogP contribution in [-0.4, -0.2) is 37.0 Å². The van der Waals surface area contributed by atoms with Gasteiger partial charge in [-0.1, -0.05) is 0 Å². The maximum Gasteiger partial charge on any atom is 0.243 e. The first-order chi connectivity index (χ1) is 8.32. The van der Waals surface area contributed by atoms with Gasteiger partial charge in [-0.2, -0.15) is 4.31 Å². The van der Waals surface area contributed by atoms with Crippen molar-refractivity contribution in [2.24, 2.45) is 0 Å². The fourth-order valence-electron chi connectivity index (χ4n) is 2.45. The summed E-state index contributed by atoms with van der Waals surface area (Å²) in [6.45, 7) is 4.02. The molecule has 0 amide bonds. The zero-order chi connectivity index (χ0) is 13.5. The molecule has 100 valence electrons. The van der Waals surface area contributed by atoms with E-state index >= 15 is 0 Å². The number of benzene rings is 1. The molecule has 0 saturated carbocycles. The predicted octanol–water partition coefficient (Wildman–Crippen LogP) is 0.641. The molecule has 1 atom stereocenters. The van der Waals surface area contributed by atoms with Crippen LogP contribution in [0.5, 0.6) is 0 Å². The second kappa shape index (κ2) is 4.53. The molecule has 0 aromatic heterocycles. The van der Waals surface area contributed by atoms with E-state index in [2.05, 4.69) is 0 Å². The Morgan fingerprint density at radius 3 is 2.33 bits per heavy atom.